The number of carbonyl (C=O) groups excluding carboxylic acids is 1. The lowest BCUT2D eigenvalue weighted by molar-refractivity contribution is -0.121. The Hall–Kier alpha value is -1.16. The van der Waals surface area contributed by atoms with E-state index in [0.717, 1.165) is 12.2 Å². The first-order chi connectivity index (χ1) is 8.74. The van der Waals surface area contributed by atoms with E-state index in [1.165, 1.54) is 5.56 Å². The predicted molar refractivity (Wildman–Crippen MR) is 75.3 cm³/mol. The van der Waals surface area contributed by atoms with E-state index in [2.05, 4.69) is 30.1 Å². The van der Waals surface area contributed by atoms with Gasteiger partial charge in [-0.2, -0.15) is 12.6 Å². The summed E-state index contributed by atoms with van der Waals surface area (Å²) in [7, 11) is 1.67. The standard InChI is InChI=1S/C14H19NO2S/c1-17-12-4-2-10(3-5-12)13-8-11(13)9-14(16)15-6-7-18/h2-5,11,13,18H,6-9H2,1H3,(H,15,16)/t11-,13-/m0/s1. The van der Waals surface area contributed by atoms with Gasteiger partial charge in [0.2, 0.25) is 5.91 Å². The third-order valence-corrected chi connectivity index (χ3v) is 3.57. The van der Waals surface area contributed by atoms with E-state index >= 15 is 0 Å². The zero-order valence-corrected chi connectivity index (χ0v) is 11.5. The van der Waals surface area contributed by atoms with E-state index in [9.17, 15) is 4.79 Å². The Morgan fingerprint density at radius 1 is 1.44 bits per heavy atom. The maximum absolute atomic E-state index is 11.6. The van der Waals surface area contributed by atoms with Gasteiger partial charge in [-0.15, -0.1) is 0 Å². The Balaban J connectivity index is 1.81. The molecule has 98 valence electrons. The highest BCUT2D eigenvalue weighted by Crippen LogP contribution is 2.49. The normalized spacial score (nSPS) is 21.4. The van der Waals surface area contributed by atoms with Gasteiger partial charge in [-0.05, 0) is 36.0 Å². The molecule has 1 aromatic carbocycles. The lowest BCUT2D eigenvalue weighted by atomic mass is 10.1. The molecule has 0 bridgehead atoms. The average Bonchev–Trinajstić information content (AvgIpc) is 3.15. The molecule has 1 fully saturated rings. The summed E-state index contributed by atoms with van der Waals surface area (Å²) in [6.45, 7) is 0.655. The monoisotopic (exact) mass is 265 g/mol. The van der Waals surface area contributed by atoms with Crippen molar-refractivity contribution < 1.29 is 9.53 Å². The molecule has 1 aromatic rings. The van der Waals surface area contributed by atoms with Crippen LogP contribution in [0.3, 0.4) is 0 Å². The van der Waals surface area contributed by atoms with Gasteiger partial charge in [0.1, 0.15) is 5.75 Å². The Kier molecular flexibility index (Phi) is 4.53. The maximum atomic E-state index is 11.6. The first kappa shape index (κ1) is 13.3. The summed E-state index contributed by atoms with van der Waals surface area (Å²) in [5.74, 6) is 2.75. The zero-order valence-electron chi connectivity index (χ0n) is 10.6. The molecule has 2 atom stereocenters. The van der Waals surface area contributed by atoms with Gasteiger partial charge in [0.05, 0.1) is 7.11 Å². The molecule has 1 saturated carbocycles. The number of hydrogen-bond acceptors (Lipinski definition) is 3. The van der Waals surface area contributed by atoms with Gasteiger partial charge >= 0.3 is 0 Å². The summed E-state index contributed by atoms with van der Waals surface area (Å²) < 4.78 is 5.13. The van der Waals surface area contributed by atoms with Crippen molar-refractivity contribution >= 4 is 18.5 Å². The van der Waals surface area contributed by atoms with Gasteiger partial charge in [-0.3, -0.25) is 4.79 Å². The van der Waals surface area contributed by atoms with Crippen molar-refractivity contribution in [2.24, 2.45) is 5.92 Å². The second-order valence-corrected chi connectivity index (χ2v) is 5.10. The van der Waals surface area contributed by atoms with Crippen LogP contribution in [0.15, 0.2) is 24.3 Å². The molecule has 0 aromatic heterocycles. The molecule has 1 aliphatic rings. The van der Waals surface area contributed by atoms with Gasteiger partial charge in [0, 0.05) is 18.7 Å². The van der Waals surface area contributed by atoms with Crippen molar-refractivity contribution in [1.29, 1.82) is 0 Å². The number of nitrogens with one attached hydrogen (secondary N) is 1. The minimum absolute atomic E-state index is 0.144. The topological polar surface area (TPSA) is 38.3 Å². The third-order valence-electron chi connectivity index (χ3n) is 3.35. The summed E-state index contributed by atoms with van der Waals surface area (Å²) in [5, 5.41) is 2.86. The summed E-state index contributed by atoms with van der Waals surface area (Å²) in [6, 6.07) is 8.14. The van der Waals surface area contributed by atoms with Crippen LogP contribution in [0.5, 0.6) is 5.75 Å². The molecule has 1 aliphatic carbocycles. The molecule has 0 heterocycles. The molecule has 0 aliphatic heterocycles. The molecule has 4 heteroatoms. The number of methoxy groups -OCH3 is 1. The van der Waals surface area contributed by atoms with Crippen molar-refractivity contribution in [1.82, 2.24) is 5.32 Å². The Morgan fingerprint density at radius 3 is 2.78 bits per heavy atom. The summed E-state index contributed by atoms with van der Waals surface area (Å²) in [5.41, 5.74) is 1.31. The van der Waals surface area contributed by atoms with Gasteiger partial charge in [-0.1, -0.05) is 12.1 Å². The van der Waals surface area contributed by atoms with Crippen molar-refractivity contribution in [2.75, 3.05) is 19.4 Å². The fourth-order valence-electron chi connectivity index (χ4n) is 2.24. The van der Waals surface area contributed by atoms with E-state index < -0.39 is 0 Å². The first-order valence-electron chi connectivity index (χ1n) is 6.26. The number of hydrogen-bond donors (Lipinski definition) is 2. The number of carbonyl (C=O) groups is 1. The van der Waals surface area contributed by atoms with E-state index in [1.807, 2.05) is 12.1 Å². The SMILES string of the molecule is COc1ccc([C@@H]2C[C@H]2CC(=O)NCCS)cc1. The largest absolute Gasteiger partial charge is 0.497 e. The van der Waals surface area contributed by atoms with Gasteiger partial charge in [0.25, 0.3) is 0 Å². The highest BCUT2D eigenvalue weighted by molar-refractivity contribution is 7.80. The minimum atomic E-state index is 0.144. The molecule has 0 radical (unpaired) electrons. The second kappa shape index (κ2) is 6.14. The van der Waals surface area contributed by atoms with Gasteiger partial charge in [0.15, 0.2) is 0 Å². The van der Waals surface area contributed by atoms with Crippen LogP contribution in [0, 0.1) is 5.92 Å². The van der Waals surface area contributed by atoms with Crippen molar-refractivity contribution in [3.8, 4) is 5.75 Å². The van der Waals surface area contributed by atoms with Crippen LogP contribution in [0.25, 0.3) is 0 Å². The predicted octanol–water partition coefficient (Wildman–Crippen LogP) is 2.23. The van der Waals surface area contributed by atoms with Crippen LogP contribution in [0.1, 0.15) is 24.3 Å². The molecular weight excluding hydrogens is 246 g/mol. The first-order valence-corrected chi connectivity index (χ1v) is 6.89. The number of ether oxygens (including phenoxy) is 1. The molecule has 1 amide bonds. The van der Waals surface area contributed by atoms with E-state index in [1.54, 1.807) is 7.11 Å². The molecule has 2 rings (SSSR count). The number of rotatable bonds is 6. The Morgan fingerprint density at radius 2 is 2.17 bits per heavy atom. The van der Waals surface area contributed by atoms with Crippen molar-refractivity contribution in [2.45, 2.75) is 18.8 Å². The van der Waals surface area contributed by atoms with E-state index in [0.29, 0.717) is 30.6 Å². The van der Waals surface area contributed by atoms with Crippen LogP contribution in [0.4, 0.5) is 0 Å². The minimum Gasteiger partial charge on any atom is -0.497 e. The highest BCUT2D eigenvalue weighted by Gasteiger charge is 2.39. The number of thiol groups is 1. The highest BCUT2D eigenvalue weighted by atomic mass is 32.1. The lowest BCUT2D eigenvalue weighted by Crippen LogP contribution is -2.25. The lowest BCUT2D eigenvalue weighted by Gasteiger charge is -2.04. The number of amides is 1. The fraction of sp³-hybridized carbons (Fsp3) is 0.500. The average molecular weight is 265 g/mol. The molecule has 0 spiro atoms. The fourth-order valence-corrected chi connectivity index (χ4v) is 2.35. The molecular formula is C14H19NO2S. The smallest absolute Gasteiger partial charge is 0.220 e. The summed E-state index contributed by atoms with van der Waals surface area (Å²) in [6.07, 6.45) is 1.74. The Labute approximate surface area is 113 Å². The quantitative estimate of drug-likeness (QED) is 0.774. The second-order valence-electron chi connectivity index (χ2n) is 4.65. The van der Waals surface area contributed by atoms with Crippen LogP contribution in [0.2, 0.25) is 0 Å². The molecule has 18 heavy (non-hydrogen) atoms. The van der Waals surface area contributed by atoms with Crippen LogP contribution in [-0.4, -0.2) is 25.3 Å². The molecule has 1 N–H and O–H groups in total. The molecule has 3 nitrogen and oxygen atoms in total. The summed E-state index contributed by atoms with van der Waals surface area (Å²) in [4.78, 5) is 11.6. The summed E-state index contributed by atoms with van der Waals surface area (Å²) >= 11 is 4.07. The van der Waals surface area contributed by atoms with Crippen LogP contribution in [-0.2, 0) is 4.79 Å². The van der Waals surface area contributed by atoms with Crippen molar-refractivity contribution in [3.05, 3.63) is 29.8 Å². The van der Waals surface area contributed by atoms with Gasteiger partial charge < -0.3 is 10.1 Å². The Bertz CT molecular complexity index is 405. The van der Waals surface area contributed by atoms with Crippen LogP contribution >= 0.6 is 12.6 Å². The van der Waals surface area contributed by atoms with Crippen molar-refractivity contribution in [3.63, 3.8) is 0 Å². The van der Waals surface area contributed by atoms with Gasteiger partial charge in [-0.25, -0.2) is 0 Å². The van der Waals surface area contributed by atoms with Crippen LogP contribution < -0.4 is 10.1 Å². The third kappa shape index (κ3) is 3.42. The van der Waals surface area contributed by atoms with E-state index in [-0.39, 0.29) is 5.91 Å². The molecule has 0 unspecified atom stereocenters. The molecule has 0 saturated heterocycles. The van der Waals surface area contributed by atoms with E-state index in [4.69, 9.17) is 4.74 Å². The zero-order chi connectivity index (χ0) is 13.0. The maximum Gasteiger partial charge on any atom is 0.220 e. The number of benzene rings is 1.